The number of para-hydroxylation sites is 1. The molecular weight excluding hydrogens is 280 g/mol. The number of carbonyl (C=O) groups is 1. The van der Waals surface area contributed by atoms with Crippen LogP contribution in [0.5, 0.6) is 0 Å². The number of hydrogen-bond donors (Lipinski definition) is 0. The summed E-state index contributed by atoms with van der Waals surface area (Å²) in [7, 11) is 0. The Hall–Kier alpha value is -1.65. The van der Waals surface area contributed by atoms with Gasteiger partial charge in [-0.3, -0.25) is 9.69 Å². The molecule has 1 aromatic heterocycles. The molecule has 0 aliphatic carbocycles. The summed E-state index contributed by atoms with van der Waals surface area (Å²) in [6, 6.07) is 14.3. The summed E-state index contributed by atoms with van der Waals surface area (Å²) in [5.41, 5.74) is 1.04. The summed E-state index contributed by atoms with van der Waals surface area (Å²) in [6.45, 7) is 3.81. The normalized spacial score (nSPS) is 25.5. The second-order valence-electron chi connectivity index (χ2n) is 5.92. The lowest BCUT2D eigenvalue weighted by Crippen LogP contribution is -2.32. The van der Waals surface area contributed by atoms with Crippen molar-refractivity contribution in [3.63, 3.8) is 0 Å². The molecule has 1 amide bonds. The maximum Gasteiger partial charge on any atom is 0.231 e. The zero-order valence-electron chi connectivity index (χ0n) is 11.8. The monoisotopic (exact) mass is 298 g/mol. The quantitative estimate of drug-likeness (QED) is 0.870. The van der Waals surface area contributed by atoms with E-state index in [1.54, 1.807) is 11.3 Å². The predicted molar refractivity (Wildman–Crippen MR) is 85.4 cm³/mol. The molecule has 21 heavy (non-hydrogen) atoms. The van der Waals surface area contributed by atoms with Gasteiger partial charge in [-0.05, 0) is 23.6 Å². The van der Waals surface area contributed by atoms with Crippen LogP contribution in [0.25, 0.3) is 0 Å². The average molecular weight is 298 g/mol. The van der Waals surface area contributed by atoms with Crippen LogP contribution < -0.4 is 4.90 Å². The Bertz CT molecular complexity index is 626. The first-order valence-corrected chi connectivity index (χ1v) is 8.30. The van der Waals surface area contributed by atoms with Gasteiger partial charge in [0, 0.05) is 42.7 Å². The van der Waals surface area contributed by atoms with Gasteiger partial charge in [-0.1, -0.05) is 24.3 Å². The van der Waals surface area contributed by atoms with E-state index in [2.05, 4.69) is 22.4 Å². The second-order valence-corrected chi connectivity index (χ2v) is 6.96. The summed E-state index contributed by atoms with van der Waals surface area (Å²) in [5.74, 6) is 0.975. The highest BCUT2D eigenvalue weighted by Crippen LogP contribution is 2.35. The number of fused-ring (bicyclic) bond motifs is 1. The number of thiophene rings is 1. The Kier molecular flexibility index (Phi) is 3.28. The van der Waals surface area contributed by atoms with E-state index >= 15 is 0 Å². The molecule has 0 unspecified atom stereocenters. The SMILES string of the molecule is O=C1[C@@H]2CN(Cc3cccs3)C[C@@H]2CN1c1ccccc1. The molecule has 4 rings (SSSR count). The molecule has 2 atom stereocenters. The fraction of sp³-hybridized carbons (Fsp3) is 0.353. The van der Waals surface area contributed by atoms with Crippen molar-refractivity contribution in [3.8, 4) is 0 Å². The van der Waals surface area contributed by atoms with Gasteiger partial charge in [0.05, 0.1) is 5.92 Å². The lowest BCUT2D eigenvalue weighted by Gasteiger charge is -2.21. The Morgan fingerprint density at radius 3 is 2.62 bits per heavy atom. The van der Waals surface area contributed by atoms with Gasteiger partial charge in [0.1, 0.15) is 0 Å². The summed E-state index contributed by atoms with van der Waals surface area (Å²) in [5, 5.41) is 2.12. The molecule has 4 heteroatoms. The van der Waals surface area contributed by atoms with Crippen LogP contribution in [-0.4, -0.2) is 30.4 Å². The highest BCUT2D eigenvalue weighted by molar-refractivity contribution is 7.09. The Balaban J connectivity index is 1.45. The lowest BCUT2D eigenvalue weighted by atomic mass is 10.0. The molecule has 0 saturated carbocycles. The topological polar surface area (TPSA) is 23.6 Å². The van der Waals surface area contributed by atoms with Crippen molar-refractivity contribution in [2.75, 3.05) is 24.5 Å². The molecule has 2 fully saturated rings. The van der Waals surface area contributed by atoms with Crippen LogP contribution in [0.4, 0.5) is 5.69 Å². The van der Waals surface area contributed by atoms with Crippen molar-refractivity contribution < 1.29 is 4.79 Å². The van der Waals surface area contributed by atoms with Crippen LogP contribution in [0, 0.1) is 11.8 Å². The number of amides is 1. The molecule has 2 aromatic rings. The van der Waals surface area contributed by atoms with Gasteiger partial charge in [0.15, 0.2) is 0 Å². The predicted octanol–water partition coefficient (Wildman–Crippen LogP) is 2.84. The fourth-order valence-corrected chi connectivity index (χ4v) is 4.29. The molecule has 0 spiro atoms. The van der Waals surface area contributed by atoms with Gasteiger partial charge < -0.3 is 4.90 Å². The highest BCUT2D eigenvalue weighted by Gasteiger charge is 2.46. The molecule has 0 radical (unpaired) electrons. The third-order valence-electron chi connectivity index (χ3n) is 4.54. The molecule has 108 valence electrons. The number of benzene rings is 1. The van der Waals surface area contributed by atoms with Gasteiger partial charge in [-0.25, -0.2) is 0 Å². The Labute approximate surface area is 128 Å². The number of hydrogen-bond acceptors (Lipinski definition) is 3. The van der Waals surface area contributed by atoms with E-state index in [0.29, 0.717) is 11.8 Å². The van der Waals surface area contributed by atoms with Crippen molar-refractivity contribution in [1.29, 1.82) is 0 Å². The molecule has 0 bridgehead atoms. The third kappa shape index (κ3) is 2.39. The minimum atomic E-state index is 0.185. The minimum Gasteiger partial charge on any atom is -0.312 e. The van der Waals surface area contributed by atoms with Crippen LogP contribution in [0.15, 0.2) is 47.8 Å². The number of rotatable bonds is 3. The van der Waals surface area contributed by atoms with E-state index in [0.717, 1.165) is 31.9 Å². The molecule has 0 N–H and O–H groups in total. The van der Waals surface area contributed by atoms with Crippen molar-refractivity contribution in [1.82, 2.24) is 4.90 Å². The molecule has 3 heterocycles. The van der Waals surface area contributed by atoms with E-state index in [1.807, 2.05) is 35.2 Å². The van der Waals surface area contributed by atoms with Crippen molar-refractivity contribution in [3.05, 3.63) is 52.7 Å². The maximum absolute atomic E-state index is 12.6. The van der Waals surface area contributed by atoms with Crippen LogP contribution in [0.2, 0.25) is 0 Å². The van der Waals surface area contributed by atoms with Crippen molar-refractivity contribution in [2.45, 2.75) is 6.54 Å². The lowest BCUT2D eigenvalue weighted by molar-refractivity contribution is -0.120. The molecule has 2 aliphatic heterocycles. The van der Waals surface area contributed by atoms with Gasteiger partial charge in [0.2, 0.25) is 5.91 Å². The summed E-state index contributed by atoms with van der Waals surface area (Å²) < 4.78 is 0. The van der Waals surface area contributed by atoms with E-state index in [1.165, 1.54) is 4.88 Å². The first kappa shape index (κ1) is 13.0. The smallest absolute Gasteiger partial charge is 0.231 e. The number of anilines is 1. The highest BCUT2D eigenvalue weighted by atomic mass is 32.1. The molecule has 1 aromatic carbocycles. The molecule has 3 nitrogen and oxygen atoms in total. The van der Waals surface area contributed by atoms with Crippen LogP contribution >= 0.6 is 11.3 Å². The third-order valence-corrected chi connectivity index (χ3v) is 5.41. The largest absolute Gasteiger partial charge is 0.312 e. The molecule has 2 saturated heterocycles. The summed E-state index contributed by atoms with van der Waals surface area (Å²) >= 11 is 1.80. The van der Waals surface area contributed by atoms with E-state index in [9.17, 15) is 4.79 Å². The zero-order valence-corrected chi connectivity index (χ0v) is 12.6. The Morgan fingerprint density at radius 1 is 1.05 bits per heavy atom. The second kappa shape index (κ2) is 5.28. The van der Waals surface area contributed by atoms with Gasteiger partial charge in [0.25, 0.3) is 0 Å². The first-order chi connectivity index (χ1) is 10.3. The number of nitrogens with zero attached hydrogens (tertiary/aromatic N) is 2. The molecule has 2 aliphatic rings. The fourth-order valence-electron chi connectivity index (χ4n) is 3.54. The maximum atomic E-state index is 12.6. The average Bonchev–Trinajstić information content (AvgIpc) is 3.20. The van der Waals surface area contributed by atoms with E-state index < -0.39 is 0 Å². The summed E-state index contributed by atoms with van der Waals surface area (Å²) in [6.07, 6.45) is 0. The van der Waals surface area contributed by atoms with E-state index in [-0.39, 0.29) is 5.92 Å². The van der Waals surface area contributed by atoms with Crippen LogP contribution in [-0.2, 0) is 11.3 Å². The minimum absolute atomic E-state index is 0.185. The standard InChI is InChI=1S/C17H18N2OS/c20-17-16-12-18(11-15-7-4-8-21-15)9-13(16)10-19(17)14-5-2-1-3-6-14/h1-8,13,16H,9-12H2/t13-,16-/m1/s1. The number of likely N-dealkylation sites (tertiary alicyclic amines) is 1. The molecular formula is C17H18N2OS. The van der Waals surface area contributed by atoms with Crippen LogP contribution in [0.3, 0.4) is 0 Å². The van der Waals surface area contributed by atoms with E-state index in [4.69, 9.17) is 0 Å². The van der Waals surface area contributed by atoms with Gasteiger partial charge in [-0.2, -0.15) is 0 Å². The van der Waals surface area contributed by atoms with Gasteiger partial charge in [-0.15, -0.1) is 11.3 Å². The summed E-state index contributed by atoms with van der Waals surface area (Å²) in [4.78, 5) is 18.4. The zero-order chi connectivity index (χ0) is 14.2. The Morgan fingerprint density at radius 2 is 1.90 bits per heavy atom. The van der Waals surface area contributed by atoms with Crippen molar-refractivity contribution >= 4 is 22.9 Å². The van der Waals surface area contributed by atoms with Gasteiger partial charge >= 0.3 is 0 Å². The number of carbonyl (C=O) groups excluding carboxylic acids is 1. The first-order valence-electron chi connectivity index (χ1n) is 7.42. The van der Waals surface area contributed by atoms with Crippen LogP contribution in [0.1, 0.15) is 4.88 Å². The van der Waals surface area contributed by atoms with Crippen molar-refractivity contribution in [2.24, 2.45) is 11.8 Å².